The van der Waals surface area contributed by atoms with Gasteiger partial charge in [-0.15, -0.1) is 0 Å². The van der Waals surface area contributed by atoms with Crippen molar-refractivity contribution in [1.29, 1.82) is 0 Å². The molecule has 96 valence electrons. The van der Waals surface area contributed by atoms with Crippen molar-refractivity contribution in [2.45, 2.75) is 50.5 Å². The number of oxime groups is 1. The molecule has 0 N–H and O–H groups in total. The Kier molecular flexibility index (Phi) is 3.40. The lowest BCUT2D eigenvalue weighted by Gasteiger charge is -2.40. The highest BCUT2D eigenvalue weighted by atomic mass is 31.0. The molecule has 1 saturated heterocycles. The number of hydrogen-bond donors (Lipinski definition) is 0. The van der Waals surface area contributed by atoms with E-state index in [1.54, 1.807) is 0 Å². The largest absolute Gasteiger partial charge is 0.389 e. The zero-order valence-electron chi connectivity index (χ0n) is 10.5. The van der Waals surface area contributed by atoms with Crippen LogP contribution in [0.15, 0.2) is 5.16 Å². The Labute approximate surface area is 106 Å². The van der Waals surface area contributed by atoms with Gasteiger partial charge in [-0.3, -0.25) is 4.67 Å². The second-order valence-corrected chi connectivity index (χ2v) is 6.71. The normalized spacial score (nSPS) is 39.7. The zero-order valence-corrected chi connectivity index (χ0v) is 11.6. The van der Waals surface area contributed by atoms with Gasteiger partial charge in [0, 0.05) is 25.7 Å². The van der Waals surface area contributed by atoms with Crippen molar-refractivity contribution in [1.82, 2.24) is 4.67 Å². The Balaban J connectivity index is 1.51. The Bertz CT molecular complexity index is 282. The number of hydrogen-bond acceptors (Lipinski definition) is 3. The SMILES string of the molecule is PN1CCC(C2CCC3(CC=NO3)CC2)CC1. The monoisotopic (exact) mass is 254 g/mol. The fourth-order valence-electron chi connectivity index (χ4n) is 3.71. The first kappa shape index (κ1) is 11.9. The van der Waals surface area contributed by atoms with Crippen LogP contribution in [0.2, 0.25) is 0 Å². The zero-order chi connectivity index (χ0) is 11.7. The maximum absolute atomic E-state index is 5.59. The van der Waals surface area contributed by atoms with Gasteiger partial charge in [0.2, 0.25) is 0 Å². The fourth-order valence-corrected chi connectivity index (χ4v) is 4.01. The van der Waals surface area contributed by atoms with Crippen molar-refractivity contribution in [3.63, 3.8) is 0 Å². The molecular weight excluding hydrogens is 231 g/mol. The van der Waals surface area contributed by atoms with E-state index in [-0.39, 0.29) is 5.60 Å². The first-order valence-corrected chi connectivity index (χ1v) is 7.49. The summed E-state index contributed by atoms with van der Waals surface area (Å²) in [6.07, 6.45) is 10.9. The Morgan fingerprint density at radius 1 is 1.12 bits per heavy atom. The fraction of sp³-hybridized carbons (Fsp3) is 0.923. The van der Waals surface area contributed by atoms with Crippen molar-refractivity contribution in [3.05, 3.63) is 0 Å². The highest BCUT2D eigenvalue weighted by Crippen LogP contribution is 2.43. The van der Waals surface area contributed by atoms with Gasteiger partial charge in [-0.1, -0.05) is 14.5 Å². The van der Waals surface area contributed by atoms with Crippen molar-refractivity contribution < 1.29 is 4.84 Å². The summed E-state index contributed by atoms with van der Waals surface area (Å²) in [6, 6.07) is 0. The predicted octanol–water partition coefficient (Wildman–Crippen LogP) is 2.82. The summed E-state index contributed by atoms with van der Waals surface area (Å²) in [5.41, 5.74) is 0.109. The molecule has 1 aliphatic carbocycles. The summed E-state index contributed by atoms with van der Waals surface area (Å²) < 4.78 is 2.38. The van der Waals surface area contributed by atoms with E-state index in [2.05, 4.69) is 19.2 Å². The lowest BCUT2D eigenvalue weighted by atomic mass is 9.70. The summed E-state index contributed by atoms with van der Waals surface area (Å²) in [6.45, 7) is 2.52. The van der Waals surface area contributed by atoms with Gasteiger partial charge in [0.15, 0.2) is 0 Å². The number of nitrogens with zero attached hydrogens (tertiary/aromatic N) is 2. The van der Waals surface area contributed by atoms with Crippen molar-refractivity contribution in [2.24, 2.45) is 17.0 Å². The van der Waals surface area contributed by atoms with Gasteiger partial charge in [-0.2, -0.15) is 0 Å². The molecule has 17 heavy (non-hydrogen) atoms. The van der Waals surface area contributed by atoms with E-state index in [9.17, 15) is 0 Å². The van der Waals surface area contributed by atoms with Crippen LogP contribution >= 0.6 is 9.39 Å². The van der Waals surface area contributed by atoms with Crippen molar-refractivity contribution in [3.8, 4) is 0 Å². The summed E-state index contributed by atoms with van der Waals surface area (Å²) in [4.78, 5) is 5.59. The van der Waals surface area contributed by atoms with Gasteiger partial charge in [-0.25, -0.2) is 0 Å². The molecule has 0 amide bonds. The van der Waals surface area contributed by atoms with E-state index in [1.807, 2.05) is 6.21 Å². The molecule has 3 aliphatic rings. The van der Waals surface area contributed by atoms with Gasteiger partial charge in [0.1, 0.15) is 5.60 Å². The van der Waals surface area contributed by atoms with Crippen LogP contribution < -0.4 is 0 Å². The van der Waals surface area contributed by atoms with E-state index < -0.39 is 0 Å². The van der Waals surface area contributed by atoms with E-state index in [4.69, 9.17) is 4.84 Å². The van der Waals surface area contributed by atoms with Gasteiger partial charge in [0.25, 0.3) is 0 Å². The third-order valence-electron chi connectivity index (χ3n) is 4.97. The maximum Gasteiger partial charge on any atom is 0.142 e. The average Bonchev–Trinajstić information content (AvgIpc) is 2.80. The average molecular weight is 254 g/mol. The Morgan fingerprint density at radius 2 is 1.76 bits per heavy atom. The van der Waals surface area contributed by atoms with Gasteiger partial charge >= 0.3 is 0 Å². The summed E-state index contributed by atoms with van der Waals surface area (Å²) in [5.74, 6) is 1.91. The Morgan fingerprint density at radius 3 is 2.35 bits per heavy atom. The molecule has 0 aromatic heterocycles. The predicted molar refractivity (Wildman–Crippen MR) is 72.9 cm³/mol. The molecule has 2 fully saturated rings. The van der Waals surface area contributed by atoms with Crippen LogP contribution in [0.3, 0.4) is 0 Å². The molecular formula is C13H23N2OP. The molecule has 2 aliphatic heterocycles. The van der Waals surface area contributed by atoms with Crippen LogP contribution in [0, 0.1) is 11.8 Å². The van der Waals surface area contributed by atoms with Crippen LogP contribution in [0.1, 0.15) is 44.9 Å². The van der Waals surface area contributed by atoms with Crippen molar-refractivity contribution >= 4 is 15.6 Å². The highest BCUT2D eigenvalue weighted by molar-refractivity contribution is 7.13. The lowest BCUT2D eigenvalue weighted by molar-refractivity contribution is -0.0610. The van der Waals surface area contributed by atoms with Crippen LogP contribution in [0.5, 0.6) is 0 Å². The molecule has 2 heterocycles. The van der Waals surface area contributed by atoms with E-state index >= 15 is 0 Å². The third-order valence-corrected chi connectivity index (χ3v) is 5.48. The van der Waals surface area contributed by atoms with Crippen LogP contribution in [-0.4, -0.2) is 29.6 Å². The third kappa shape index (κ3) is 2.51. The summed E-state index contributed by atoms with van der Waals surface area (Å²) in [7, 11) is 2.84. The smallest absolute Gasteiger partial charge is 0.142 e. The number of piperidine rings is 1. The summed E-state index contributed by atoms with van der Waals surface area (Å²) >= 11 is 0. The number of rotatable bonds is 1. The molecule has 1 saturated carbocycles. The van der Waals surface area contributed by atoms with Gasteiger partial charge in [0.05, 0.1) is 0 Å². The molecule has 3 nitrogen and oxygen atoms in total. The highest BCUT2D eigenvalue weighted by Gasteiger charge is 2.41. The minimum atomic E-state index is 0.109. The van der Waals surface area contributed by atoms with E-state index in [0.717, 1.165) is 18.3 Å². The topological polar surface area (TPSA) is 24.8 Å². The maximum atomic E-state index is 5.59. The first-order valence-electron chi connectivity index (χ1n) is 6.97. The quantitative estimate of drug-likeness (QED) is 0.672. The standard InChI is InChI=1S/C13H23N2OP/c17-15-9-3-12(4-10-15)11-1-5-13(6-2-11)7-8-14-16-13/h8,11-12H,1-7,9-10,17H2. The summed E-state index contributed by atoms with van der Waals surface area (Å²) in [5, 5.41) is 3.97. The second kappa shape index (κ2) is 4.85. The minimum absolute atomic E-state index is 0.109. The molecule has 1 atom stereocenters. The minimum Gasteiger partial charge on any atom is -0.389 e. The van der Waals surface area contributed by atoms with Crippen LogP contribution in [0.25, 0.3) is 0 Å². The van der Waals surface area contributed by atoms with Gasteiger partial charge < -0.3 is 4.84 Å². The van der Waals surface area contributed by atoms with Crippen molar-refractivity contribution in [2.75, 3.05) is 13.1 Å². The molecule has 0 radical (unpaired) electrons. The van der Waals surface area contributed by atoms with Crippen LogP contribution in [-0.2, 0) is 4.84 Å². The molecule has 0 aromatic rings. The van der Waals surface area contributed by atoms with E-state index in [1.165, 1.54) is 51.6 Å². The molecule has 1 spiro atoms. The van der Waals surface area contributed by atoms with Crippen LogP contribution in [0.4, 0.5) is 0 Å². The van der Waals surface area contributed by atoms with Gasteiger partial charge in [-0.05, 0) is 50.4 Å². The Hall–Kier alpha value is -0.140. The molecule has 1 unspecified atom stereocenters. The first-order chi connectivity index (χ1) is 8.27. The second-order valence-electron chi connectivity index (χ2n) is 5.98. The molecule has 3 rings (SSSR count). The molecule has 4 heteroatoms. The molecule has 0 bridgehead atoms. The van der Waals surface area contributed by atoms with E-state index in [0.29, 0.717) is 0 Å². The lowest BCUT2D eigenvalue weighted by Crippen LogP contribution is -2.38. The molecule has 0 aromatic carbocycles.